The summed E-state index contributed by atoms with van der Waals surface area (Å²) >= 11 is 5.76. The van der Waals surface area contributed by atoms with Crippen molar-refractivity contribution in [3.05, 3.63) is 47.3 Å². The number of halogens is 2. The first kappa shape index (κ1) is 12.7. The Balaban J connectivity index is 3.08. The van der Waals surface area contributed by atoms with Gasteiger partial charge in [-0.3, -0.25) is 4.79 Å². The van der Waals surface area contributed by atoms with Crippen molar-refractivity contribution < 1.29 is 14.3 Å². The van der Waals surface area contributed by atoms with Gasteiger partial charge in [0.25, 0.3) is 0 Å². The van der Waals surface area contributed by atoms with Crippen LogP contribution >= 0.6 is 11.6 Å². The topological polar surface area (TPSA) is 37.3 Å². The maximum absolute atomic E-state index is 13.2. The molecular formula is C12H12ClFO2. The summed E-state index contributed by atoms with van der Waals surface area (Å²) in [4.78, 5) is 11.0. The monoisotopic (exact) mass is 242 g/mol. The molecule has 0 fully saturated rings. The van der Waals surface area contributed by atoms with E-state index in [1.54, 1.807) is 6.07 Å². The van der Waals surface area contributed by atoms with Crippen molar-refractivity contribution in [3.8, 4) is 0 Å². The van der Waals surface area contributed by atoms with Gasteiger partial charge in [-0.15, -0.1) is 6.58 Å². The van der Waals surface area contributed by atoms with E-state index in [1.807, 2.05) is 0 Å². The molecule has 4 heteroatoms. The minimum Gasteiger partial charge on any atom is -0.481 e. The minimum atomic E-state index is -1.14. The molecule has 0 amide bonds. The molecular weight excluding hydrogens is 231 g/mol. The maximum Gasteiger partial charge on any atom is 0.313 e. The average Bonchev–Trinajstić information content (AvgIpc) is 2.24. The second-order valence-electron chi connectivity index (χ2n) is 3.82. The molecule has 1 aromatic carbocycles. The van der Waals surface area contributed by atoms with Gasteiger partial charge >= 0.3 is 5.97 Å². The lowest BCUT2D eigenvalue weighted by molar-refractivity contribution is -0.145. The summed E-state index contributed by atoms with van der Waals surface area (Å²) in [5, 5.41) is 9.02. The molecule has 1 atom stereocenters. The number of carboxylic acids is 1. The Morgan fingerprint density at radius 3 is 2.81 bits per heavy atom. The predicted octanol–water partition coefficient (Wildman–Crippen LogP) is 3.30. The van der Waals surface area contributed by atoms with Gasteiger partial charge in [-0.05, 0) is 25.0 Å². The lowest BCUT2D eigenvalue weighted by Crippen LogP contribution is -2.27. The highest BCUT2D eigenvalue weighted by atomic mass is 35.5. The average molecular weight is 243 g/mol. The van der Waals surface area contributed by atoms with Gasteiger partial charge in [0.1, 0.15) is 5.82 Å². The number of carboxylic acid groups (broad SMARTS) is 1. The van der Waals surface area contributed by atoms with Crippen molar-refractivity contribution in [1.82, 2.24) is 0 Å². The molecule has 1 unspecified atom stereocenters. The van der Waals surface area contributed by atoms with E-state index in [1.165, 1.54) is 25.1 Å². The van der Waals surface area contributed by atoms with Crippen LogP contribution in [0.25, 0.3) is 0 Å². The van der Waals surface area contributed by atoms with E-state index in [2.05, 4.69) is 6.58 Å². The fourth-order valence-corrected chi connectivity index (χ4v) is 1.51. The summed E-state index contributed by atoms with van der Waals surface area (Å²) in [6, 6.07) is 4.34. The summed E-state index contributed by atoms with van der Waals surface area (Å²) in [5.41, 5.74) is -0.677. The molecule has 16 heavy (non-hydrogen) atoms. The standard InChI is InChI=1S/C12H12ClFO2/c1-3-12(2,11(15)16)7-8-5-4-6-9(14)10(8)13/h3-6H,1,7H2,2H3,(H,15,16). The van der Waals surface area contributed by atoms with E-state index in [4.69, 9.17) is 16.7 Å². The second kappa shape index (κ2) is 4.66. The summed E-state index contributed by atoms with van der Waals surface area (Å²) in [6.07, 6.45) is 1.44. The van der Waals surface area contributed by atoms with Crippen molar-refractivity contribution in [2.75, 3.05) is 0 Å². The van der Waals surface area contributed by atoms with Gasteiger partial charge in [0.15, 0.2) is 0 Å². The molecule has 0 bridgehead atoms. The number of benzene rings is 1. The predicted molar refractivity (Wildman–Crippen MR) is 61.1 cm³/mol. The van der Waals surface area contributed by atoms with Crippen LogP contribution in [0.15, 0.2) is 30.9 Å². The van der Waals surface area contributed by atoms with E-state index >= 15 is 0 Å². The molecule has 0 spiro atoms. The molecule has 0 aromatic heterocycles. The number of hydrogen-bond donors (Lipinski definition) is 1. The van der Waals surface area contributed by atoms with Crippen LogP contribution in [0.2, 0.25) is 5.02 Å². The van der Waals surface area contributed by atoms with Crippen LogP contribution in [0, 0.1) is 11.2 Å². The van der Waals surface area contributed by atoms with E-state index in [-0.39, 0.29) is 11.4 Å². The molecule has 0 saturated heterocycles. The lowest BCUT2D eigenvalue weighted by atomic mass is 9.84. The molecule has 2 nitrogen and oxygen atoms in total. The second-order valence-corrected chi connectivity index (χ2v) is 4.19. The smallest absolute Gasteiger partial charge is 0.313 e. The summed E-state index contributed by atoms with van der Waals surface area (Å²) < 4.78 is 13.2. The Labute approximate surface area is 98.4 Å². The van der Waals surface area contributed by atoms with Crippen molar-refractivity contribution in [2.45, 2.75) is 13.3 Å². The van der Waals surface area contributed by atoms with Crippen LogP contribution < -0.4 is 0 Å². The van der Waals surface area contributed by atoms with Gasteiger partial charge in [-0.25, -0.2) is 4.39 Å². The van der Waals surface area contributed by atoms with Gasteiger partial charge in [-0.2, -0.15) is 0 Å². The first-order valence-electron chi connectivity index (χ1n) is 4.70. The van der Waals surface area contributed by atoms with Crippen LogP contribution in [0.3, 0.4) is 0 Å². The highest BCUT2D eigenvalue weighted by Crippen LogP contribution is 2.29. The molecule has 0 heterocycles. The van der Waals surface area contributed by atoms with Crippen molar-refractivity contribution in [1.29, 1.82) is 0 Å². The third-order valence-corrected chi connectivity index (χ3v) is 2.95. The van der Waals surface area contributed by atoms with Crippen LogP contribution in [0.4, 0.5) is 4.39 Å². The molecule has 0 saturated carbocycles. The Bertz CT molecular complexity index is 431. The summed E-state index contributed by atoms with van der Waals surface area (Å²) in [5.74, 6) is -1.56. The Morgan fingerprint density at radius 2 is 2.31 bits per heavy atom. The summed E-state index contributed by atoms with van der Waals surface area (Å²) in [6.45, 7) is 5.00. The number of hydrogen-bond acceptors (Lipinski definition) is 1. The van der Waals surface area contributed by atoms with Crippen LogP contribution in [0.5, 0.6) is 0 Å². The number of aliphatic carboxylic acids is 1. The maximum atomic E-state index is 13.2. The van der Waals surface area contributed by atoms with Crippen molar-refractivity contribution in [3.63, 3.8) is 0 Å². The molecule has 0 aliphatic carbocycles. The highest BCUT2D eigenvalue weighted by Gasteiger charge is 2.30. The zero-order chi connectivity index (χ0) is 12.3. The zero-order valence-electron chi connectivity index (χ0n) is 8.84. The van der Waals surface area contributed by atoms with Gasteiger partial charge in [0, 0.05) is 0 Å². The molecule has 0 aliphatic heterocycles. The third-order valence-electron chi connectivity index (χ3n) is 2.53. The Kier molecular flexibility index (Phi) is 3.70. The largest absolute Gasteiger partial charge is 0.481 e. The minimum absolute atomic E-state index is 0.0307. The Morgan fingerprint density at radius 1 is 1.69 bits per heavy atom. The van der Waals surface area contributed by atoms with Crippen LogP contribution in [0.1, 0.15) is 12.5 Å². The van der Waals surface area contributed by atoms with Crippen molar-refractivity contribution in [2.24, 2.45) is 5.41 Å². The van der Waals surface area contributed by atoms with Crippen LogP contribution in [-0.2, 0) is 11.2 Å². The molecule has 1 rings (SSSR count). The molecule has 0 aliphatic rings. The van der Waals surface area contributed by atoms with Crippen molar-refractivity contribution >= 4 is 17.6 Å². The van der Waals surface area contributed by atoms with Gasteiger partial charge < -0.3 is 5.11 Å². The summed E-state index contributed by atoms with van der Waals surface area (Å²) in [7, 11) is 0. The number of rotatable bonds is 4. The lowest BCUT2D eigenvalue weighted by Gasteiger charge is -2.20. The van der Waals surface area contributed by atoms with Crippen LogP contribution in [-0.4, -0.2) is 11.1 Å². The fraction of sp³-hybridized carbons (Fsp3) is 0.250. The molecule has 1 aromatic rings. The Hall–Kier alpha value is -1.35. The zero-order valence-corrected chi connectivity index (χ0v) is 9.59. The third kappa shape index (κ3) is 2.42. The SMILES string of the molecule is C=CC(C)(Cc1cccc(F)c1Cl)C(=O)O. The first-order valence-corrected chi connectivity index (χ1v) is 5.08. The van der Waals surface area contributed by atoms with Gasteiger partial charge in [-0.1, -0.05) is 29.8 Å². The fourth-order valence-electron chi connectivity index (χ4n) is 1.32. The van der Waals surface area contributed by atoms with E-state index in [9.17, 15) is 9.18 Å². The van der Waals surface area contributed by atoms with Gasteiger partial charge in [0.2, 0.25) is 0 Å². The van der Waals surface area contributed by atoms with E-state index in [0.29, 0.717) is 5.56 Å². The highest BCUT2D eigenvalue weighted by molar-refractivity contribution is 6.31. The number of carbonyl (C=O) groups is 1. The van der Waals surface area contributed by atoms with E-state index in [0.717, 1.165) is 0 Å². The van der Waals surface area contributed by atoms with Gasteiger partial charge in [0.05, 0.1) is 10.4 Å². The molecule has 86 valence electrons. The van der Waals surface area contributed by atoms with E-state index < -0.39 is 17.2 Å². The molecule has 0 radical (unpaired) electrons. The quantitative estimate of drug-likeness (QED) is 0.823. The first-order chi connectivity index (χ1) is 7.40. The normalized spacial score (nSPS) is 14.2. The molecule has 1 N–H and O–H groups in total.